The topological polar surface area (TPSA) is 351 Å². The predicted octanol–water partition coefficient (Wildman–Crippen LogP) is 4.18. The Kier molecular flexibility index (Phi) is 15.6. The Balaban J connectivity index is 0.955. The number of carbonyl (C=O) groups is 3. The number of aromatic nitrogens is 2. The zero-order valence-corrected chi connectivity index (χ0v) is 37.4. The molecule has 2 aromatic carbocycles. The summed E-state index contributed by atoms with van der Waals surface area (Å²) in [6, 6.07) is 12.5. The molecule has 352 valence electrons. The van der Waals surface area contributed by atoms with Crippen molar-refractivity contribution in [3.63, 3.8) is 0 Å². The second kappa shape index (κ2) is 20.8. The molecule has 2 unspecified atom stereocenters. The van der Waals surface area contributed by atoms with Crippen LogP contribution in [0.1, 0.15) is 71.0 Å². The fraction of sp³-hybridized carbons (Fsp3) is 0.317. The molecule has 9 N–H and O–H groups in total. The minimum Gasteiger partial charge on any atom is -0.508 e. The third-order valence-electron chi connectivity index (χ3n) is 10.2. The van der Waals surface area contributed by atoms with Gasteiger partial charge in [-0.2, -0.15) is 0 Å². The van der Waals surface area contributed by atoms with Crippen LogP contribution in [0.2, 0.25) is 0 Å². The number of aromatic hydroxyl groups is 1. The smallest absolute Gasteiger partial charge is 0.337 e. The fourth-order valence-electron chi connectivity index (χ4n) is 7.27. The standard InChI is InChI=1S/C41H45N4O18P3/c46-26-8-12-30-33(18-26)63-34-19-27(47)9-13-31(34)37(30)32-17-24(7-11-29(32)40(51)52)38(49)43-15-3-1-2-6-35(48)42-16-4-5-25-20-45(41(53)44-39(25)50)36-14-10-28(62-36)21-61-66(59,60)23-64(54,55)22-65(56,57)58/h4-5,7-9,11-13,17-20,28,36,46H,1-3,6,10,14-16,21-23H2,(H,42,48)(H,43,49)(H,51,52)(H,54,55)(H,59,60)(H,44,50,53)(H2,56,57,58)/b5-4+/t28-,36+/m0/s1. The van der Waals surface area contributed by atoms with Crippen LogP contribution in [-0.4, -0.2) is 94.7 Å². The van der Waals surface area contributed by atoms with Crippen LogP contribution >= 0.6 is 22.6 Å². The maximum absolute atomic E-state index is 13.3. The van der Waals surface area contributed by atoms with Gasteiger partial charge in [-0.3, -0.25) is 42.4 Å². The largest absolute Gasteiger partial charge is 0.508 e. The molecule has 0 spiro atoms. The number of hydrogen-bond acceptors (Lipinski definition) is 13. The Labute approximate surface area is 373 Å². The SMILES string of the molecule is O=C(CCCCCNC(=O)c1ccc(C(=O)O)c(-c2c3ccc(=O)cc-3oc3cc(O)ccc23)c1)NC/C=C/c1cn([C@H]2CC[C@@H](COP(=O)(O)CP(=O)(O)CP(=O)(O)O)O2)c(=O)[nH]c1=O. The van der Waals surface area contributed by atoms with Gasteiger partial charge in [0, 0.05) is 59.9 Å². The summed E-state index contributed by atoms with van der Waals surface area (Å²) in [6.07, 6.45) is 4.49. The Hall–Kier alpha value is -5.79. The molecule has 2 aliphatic heterocycles. The molecule has 22 nitrogen and oxygen atoms in total. The summed E-state index contributed by atoms with van der Waals surface area (Å²) in [5.74, 6) is -4.83. The van der Waals surface area contributed by atoms with Gasteiger partial charge in [-0.25, -0.2) is 9.59 Å². The average Bonchev–Trinajstić information content (AvgIpc) is 3.70. The Morgan fingerprint density at radius 1 is 0.894 bits per heavy atom. The first kappa shape index (κ1) is 49.6. The normalized spacial score (nSPS) is 17.2. The van der Waals surface area contributed by atoms with Gasteiger partial charge in [0.25, 0.3) is 11.5 Å². The number of ether oxygens (including phenoxy) is 1. The molecule has 3 aliphatic rings. The van der Waals surface area contributed by atoms with Crippen LogP contribution in [0.25, 0.3) is 39.5 Å². The molecule has 6 rings (SSSR count). The average molecular weight is 975 g/mol. The number of carboxylic acid groups (broad SMARTS) is 1. The summed E-state index contributed by atoms with van der Waals surface area (Å²) >= 11 is 0. The van der Waals surface area contributed by atoms with Crippen LogP contribution < -0.4 is 27.3 Å². The molecule has 3 aromatic rings. The lowest BCUT2D eigenvalue weighted by Crippen LogP contribution is -2.33. The van der Waals surface area contributed by atoms with E-state index in [-0.39, 0.29) is 83.0 Å². The van der Waals surface area contributed by atoms with E-state index in [0.29, 0.717) is 35.8 Å². The minimum absolute atomic E-state index is 0.0388. The Morgan fingerprint density at radius 3 is 2.41 bits per heavy atom. The summed E-state index contributed by atoms with van der Waals surface area (Å²) in [4.78, 5) is 115. The molecule has 66 heavy (non-hydrogen) atoms. The monoisotopic (exact) mass is 974 g/mol. The van der Waals surface area contributed by atoms with Crippen LogP contribution in [0.15, 0.2) is 85.7 Å². The lowest BCUT2D eigenvalue weighted by molar-refractivity contribution is -0.121. The number of phenols is 1. The highest BCUT2D eigenvalue weighted by Crippen LogP contribution is 2.63. The number of nitrogens with one attached hydrogen (secondary N) is 3. The van der Waals surface area contributed by atoms with Gasteiger partial charge in [0.2, 0.25) is 13.3 Å². The number of phenolic OH excluding ortho intramolecular Hbond substituents is 1. The van der Waals surface area contributed by atoms with Crippen LogP contribution in [0, 0.1) is 0 Å². The maximum Gasteiger partial charge on any atom is 0.337 e. The highest BCUT2D eigenvalue weighted by molar-refractivity contribution is 7.79. The molecule has 0 saturated carbocycles. The zero-order valence-electron chi connectivity index (χ0n) is 34.7. The van der Waals surface area contributed by atoms with E-state index in [2.05, 4.69) is 15.6 Å². The number of rotatable bonds is 20. The van der Waals surface area contributed by atoms with Crippen molar-refractivity contribution in [2.45, 2.75) is 50.9 Å². The number of fused-ring (bicyclic) bond motifs is 2. The number of benzene rings is 3. The summed E-state index contributed by atoms with van der Waals surface area (Å²) in [6.45, 7) is -0.251. The minimum atomic E-state index is -4.95. The number of aromatic carboxylic acids is 1. The number of carbonyl (C=O) groups excluding carboxylic acids is 2. The van der Waals surface area contributed by atoms with Gasteiger partial charge >= 0.3 is 26.9 Å². The summed E-state index contributed by atoms with van der Waals surface area (Å²) < 4.78 is 53.0. The number of carboxylic acids is 1. The summed E-state index contributed by atoms with van der Waals surface area (Å²) in [5.41, 5.74) is -0.537. The second-order valence-electron chi connectivity index (χ2n) is 15.4. The quantitative estimate of drug-likeness (QED) is 0.0300. The highest BCUT2D eigenvalue weighted by Gasteiger charge is 2.39. The third kappa shape index (κ3) is 13.2. The molecule has 2 amide bonds. The van der Waals surface area contributed by atoms with Crippen LogP contribution in [0.4, 0.5) is 0 Å². The molecule has 1 aromatic heterocycles. The van der Waals surface area contributed by atoms with E-state index < -0.39 is 76.4 Å². The first-order valence-electron chi connectivity index (χ1n) is 20.2. The predicted molar refractivity (Wildman–Crippen MR) is 238 cm³/mol. The highest BCUT2D eigenvalue weighted by atomic mass is 31.3. The van der Waals surface area contributed by atoms with Crippen molar-refractivity contribution in [2.24, 2.45) is 0 Å². The molecular formula is C41H45N4O18P3. The van der Waals surface area contributed by atoms with Crippen LogP contribution in [0.3, 0.4) is 0 Å². The summed E-state index contributed by atoms with van der Waals surface area (Å²) in [5, 5.41) is 26.1. The van der Waals surface area contributed by atoms with Gasteiger partial charge in [0.05, 0.1) is 23.8 Å². The molecule has 25 heteroatoms. The van der Waals surface area contributed by atoms with Gasteiger partial charge in [-0.05, 0) is 73.7 Å². The molecule has 3 heterocycles. The van der Waals surface area contributed by atoms with E-state index in [4.69, 9.17) is 23.5 Å². The number of nitrogens with zero attached hydrogens (tertiary/aromatic N) is 1. The maximum atomic E-state index is 13.3. The molecular weight excluding hydrogens is 929 g/mol. The first-order chi connectivity index (χ1) is 31.1. The van der Waals surface area contributed by atoms with Crippen molar-refractivity contribution in [1.29, 1.82) is 0 Å². The number of aromatic amines is 1. The first-order valence-corrected chi connectivity index (χ1v) is 25.8. The molecule has 0 radical (unpaired) electrons. The fourth-order valence-corrected chi connectivity index (χ4v) is 13.7. The van der Waals surface area contributed by atoms with E-state index >= 15 is 0 Å². The Bertz CT molecular complexity index is 2990. The number of hydrogen-bond donors (Lipinski definition) is 9. The van der Waals surface area contributed by atoms with Gasteiger partial charge in [0.1, 0.15) is 35.1 Å². The number of amides is 2. The van der Waals surface area contributed by atoms with E-state index in [1.54, 1.807) is 6.07 Å². The van der Waals surface area contributed by atoms with Crippen LogP contribution in [0.5, 0.6) is 5.75 Å². The summed E-state index contributed by atoms with van der Waals surface area (Å²) in [7, 11) is -14.4. The van der Waals surface area contributed by atoms with Crippen molar-refractivity contribution in [3.05, 3.63) is 115 Å². The van der Waals surface area contributed by atoms with Crippen molar-refractivity contribution in [3.8, 4) is 28.2 Å². The zero-order chi connectivity index (χ0) is 48.0. The van der Waals surface area contributed by atoms with E-state index in [9.17, 15) is 62.5 Å². The van der Waals surface area contributed by atoms with Crippen molar-refractivity contribution in [1.82, 2.24) is 20.2 Å². The van der Waals surface area contributed by atoms with Crippen LogP contribution in [-0.2, 0) is 27.8 Å². The molecule has 4 atom stereocenters. The molecule has 1 fully saturated rings. The molecule has 1 saturated heterocycles. The van der Waals surface area contributed by atoms with E-state index in [0.717, 1.165) is 4.57 Å². The van der Waals surface area contributed by atoms with Crippen molar-refractivity contribution in [2.75, 3.05) is 31.5 Å². The van der Waals surface area contributed by atoms with E-state index in [1.165, 1.54) is 66.9 Å². The lowest BCUT2D eigenvalue weighted by atomic mass is 9.89. The molecule has 0 bridgehead atoms. The number of H-pyrrole nitrogens is 1. The van der Waals surface area contributed by atoms with Gasteiger partial charge in [-0.15, -0.1) is 0 Å². The van der Waals surface area contributed by atoms with Crippen molar-refractivity contribution >= 4 is 57.4 Å². The molecule has 1 aliphatic carbocycles. The van der Waals surface area contributed by atoms with Crippen molar-refractivity contribution < 1.29 is 71.5 Å². The third-order valence-corrected chi connectivity index (χ3v) is 17.2. The Morgan fingerprint density at radius 2 is 1.67 bits per heavy atom. The van der Waals surface area contributed by atoms with Gasteiger partial charge in [0.15, 0.2) is 5.43 Å². The van der Waals surface area contributed by atoms with E-state index in [1.807, 2.05) is 0 Å². The lowest BCUT2D eigenvalue weighted by Gasteiger charge is -2.19. The second-order valence-corrected chi connectivity index (χ2v) is 22.2. The number of unbranched alkanes of at least 4 members (excludes halogenated alkanes) is 2. The van der Waals surface area contributed by atoms with Gasteiger partial charge in [-0.1, -0.05) is 18.6 Å². The van der Waals surface area contributed by atoms with Gasteiger partial charge < -0.3 is 54.1 Å².